The van der Waals surface area contributed by atoms with Crippen LogP contribution in [-0.4, -0.2) is 4.98 Å². The maximum absolute atomic E-state index is 9.29. The van der Waals surface area contributed by atoms with Crippen LogP contribution in [-0.2, 0) is 5.41 Å². The molecule has 106 valence electrons. The Morgan fingerprint density at radius 1 is 1.05 bits per heavy atom. The second-order valence-corrected chi connectivity index (χ2v) is 7.50. The number of aromatic nitrogens is 1. The zero-order valence-corrected chi connectivity index (χ0v) is 12.5. The maximum Gasteiger partial charge on any atom is 0.148 e. The summed E-state index contributed by atoms with van der Waals surface area (Å²) in [6.45, 7) is 0. The van der Waals surface area contributed by atoms with Gasteiger partial charge in [-0.25, -0.2) is 4.98 Å². The largest absolute Gasteiger partial charge is 0.239 e. The van der Waals surface area contributed by atoms with Gasteiger partial charge in [-0.2, -0.15) is 10.5 Å². The van der Waals surface area contributed by atoms with Gasteiger partial charge in [-0.3, -0.25) is 0 Å². The van der Waals surface area contributed by atoms with Crippen molar-refractivity contribution in [2.45, 2.75) is 43.9 Å². The van der Waals surface area contributed by atoms with E-state index in [1.807, 2.05) is 12.1 Å². The summed E-state index contributed by atoms with van der Waals surface area (Å²) in [4.78, 5) is 4.53. The first-order valence-electron chi connectivity index (χ1n) is 7.65. The number of nitriles is 2. The van der Waals surface area contributed by atoms with Crippen molar-refractivity contribution in [1.82, 2.24) is 4.98 Å². The third-order valence-corrected chi connectivity index (χ3v) is 6.06. The molecule has 0 spiro atoms. The highest BCUT2D eigenvalue weighted by Gasteiger charge is 2.52. The van der Waals surface area contributed by atoms with Crippen LogP contribution in [0.15, 0.2) is 6.07 Å². The molecule has 0 radical (unpaired) electrons. The van der Waals surface area contributed by atoms with Crippen molar-refractivity contribution in [2.24, 2.45) is 17.8 Å². The second-order valence-electron chi connectivity index (χ2n) is 7.14. The quantitative estimate of drug-likeness (QED) is 0.737. The predicted octanol–water partition coefficient (Wildman–Crippen LogP) is 3.95. The van der Waals surface area contributed by atoms with Gasteiger partial charge in [-0.15, -0.1) is 0 Å². The lowest BCUT2D eigenvalue weighted by molar-refractivity contribution is -0.00720. The number of halogens is 1. The summed E-state index contributed by atoms with van der Waals surface area (Å²) in [5, 5.41) is 18.6. The van der Waals surface area contributed by atoms with Gasteiger partial charge < -0.3 is 0 Å². The Balaban J connectivity index is 1.82. The van der Waals surface area contributed by atoms with Crippen LogP contribution in [0.5, 0.6) is 0 Å². The Bertz CT molecular complexity index is 660. The average Bonchev–Trinajstić information content (AvgIpc) is 2.44. The van der Waals surface area contributed by atoms with Crippen LogP contribution in [0.3, 0.4) is 0 Å². The molecule has 4 aliphatic carbocycles. The van der Waals surface area contributed by atoms with E-state index in [9.17, 15) is 5.26 Å². The number of nitrogens with zero attached hydrogens (tertiary/aromatic N) is 3. The molecule has 3 nitrogen and oxygen atoms in total. The van der Waals surface area contributed by atoms with Crippen molar-refractivity contribution in [1.29, 1.82) is 10.5 Å². The molecule has 1 heterocycles. The Morgan fingerprint density at radius 2 is 1.62 bits per heavy atom. The Labute approximate surface area is 129 Å². The van der Waals surface area contributed by atoms with E-state index < -0.39 is 0 Å². The normalized spacial score (nSPS) is 36.2. The molecule has 4 saturated carbocycles. The molecule has 4 bridgehead atoms. The number of pyridine rings is 1. The summed E-state index contributed by atoms with van der Waals surface area (Å²) < 4.78 is 0. The van der Waals surface area contributed by atoms with Crippen LogP contribution in [0, 0.1) is 40.4 Å². The molecule has 1 aromatic heterocycles. The smallest absolute Gasteiger partial charge is 0.148 e. The van der Waals surface area contributed by atoms with Crippen molar-refractivity contribution in [3.05, 3.63) is 28.0 Å². The Kier molecular flexibility index (Phi) is 2.78. The zero-order chi connectivity index (χ0) is 14.6. The van der Waals surface area contributed by atoms with Crippen molar-refractivity contribution in [3.63, 3.8) is 0 Å². The topological polar surface area (TPSA) is 60.5 Å². The molecule has 0 amide bonds. The average molecular weight is 298 g/mol. The minimum absolute atomic E-state index is 0.109. The molecule has 4 fully saturated rings. The van der Waals surface area contributed by atoms with Crippen molar-refractivity contribution < 1.29 is 0 Å². The van der Waals surface area contributed by atoms with E-state index in [-0.39, 0.29) is 16.1 Å². The van der Waals surface area contributed by atoms with E-state index >= 15 is 0 Å². The third kappa shape index (κ3) is 1.88. The van der Waals surface area contributed by atoms with Gasteiger partial charge in [0.25, 0.3) is 0 Å². The number of hydrogen-bond donors (Lipinski definition) is 0. The van der Waals surface area contributed by atoms with Crippen LogP contribution < -0.4 is 0 Å². The van der Waals surface area contributed by atoms with E-state index in [4.69, 9.17) is 16.9 Å². The molecule has 0 atom stereocenters. The minimum Gasteiger partial charge on any atom is -0.239 e. The molecule has 0 saturated heterocycles. The van der Waals surface area contributed by atoms with Gasteiger partial charge >= 0.3 is 0 Å². The molecule has 1 aromatic rings. The van der Waals surface area contributed by atoms with Gasteiger partial charge in [-0.1, -0.05) is 11.6 Å². The molecule has 0 unspecified atom stereocenters. The fraction of sp³-hybridized carbons (Fsp3) is 0.588. The van der Waals surface area contributed by atoms with Gasteiger partial charge in [0.2, 0.25) is 0 Å². The molecular formula is C17H16ClN3. The summed E-state index contributed by atoms with van der Waals surface area (Å²) in [7, 11) is 0. The van der Waals surface area contributed by atoms with Crippen LogP contribution in [0.4, 0.5) is 0 Å². The first-order chi connectivity index (χ1) is 10.1. The highest BCUT2D eigenvalue weighted by atomic mass is 35.5. The van der Waals surface area contributed by atoms with Crippen molar-refractivity contribution in [3.8, 4) is 12.1 Å². The molecule has 0 N–H and O–H groups in total. The van der Waals surface area contributed by atoms with Gasteiger partial charge in [0.1, 0.15) is 22.9 Å². The summed E-state index contributed by atoms with van der Waals surface area (Å²) in [5.41, 5.74) is 1.66. The number of hydrogen-bond acceptors (Lipinski definition) is 3. The van der Waals surface area contributed by atoms with E-state index in [0.29, 0.717) is 5.56 Å². The Hall–Kier alpha value is -1.58. The molecule has 5 rings (SSSR count). The first kappa shape index (κ1) is 13.1. The molecule has 4 aliphatic rings. The summed E-state index contributed by atoms with van der Waals surface area (Å²) in [6, 6.07) is 5.94. The van der Waals surface area contributed by atoms with Crippen molar-refractivity contribution >= 4 is 11.6 Å². The van der Waals surface area contributed by atoms with Gasteiger partial charge in [0.15, 0.2) is 0 Å². The summed E-state index contributed by atoms with van der Waals surface area (Å²) >= 11 is 6.17. The van der Waals surface area contributed by atoms with E-state index in [0.717, 1.165) is 23.4 Å². The monoisotopic (exact) mass is 297 g/mol. The lowest BCUT2D eigenvalue weighted by atomic mass is 9.48. The van der Waals surface area contributed by atoms with Gasteiger partial charge in [-0.05, 0) is 62.3 Å². The lowest BCUT2D eigenvalue weighted by Gasteiger charge is -2.56. The Morgan fingerprint density at radius 3 is 2.10 bits per heavy atom. The van der Waals surface area contributed by atoms with E-state index in [2.05, 4.69) is 11.1 Å². The molecule has 0 aliphatic heterocycles. The number of rotatable bonds is 1. The second kappa shape index (κ2) is 4.46. The van der Waals surface area contributed by atoms with Crippen LogP contribution in [0.25, 0.3) is 0 Å². The maximum atomic E-state index is 9.29. The molecular weight excluding hydrogens is 282 g/mol. The fourth-order valence-electron chi connectivity index (χ4n) is 5.40. The molecule has 4 heteroatoms. The minimum atomic E-state index is 0.109. The SMILES string of the molecule is N#Cc1cc(C23CC4CC(CC(C4)C2)C3)nc(Cl)c1C#N. The van der Waals surface area contributed by atoms with E-state index in [1.54, 1.807) is 0 Å². The van der Waals surface area contributed by atoms with E-state index in [1.165, 1.54) is 38.5 Å². The van der Waals surface area contributed by atoms with Crippen LogP contribution in [0.1, 0.15) is 55.3 Å². The molecule has 21 heavy (non-hydrogen) atoms. The van der Waals surface area contributed by atoms with Crippen LogP contribution >= 0.6 is 11.6 Å². The van der Waals surface area contributed by atoms with Crippen molar-refractivity contribution in [2.75, 3.05) is 0 Å². The standard InChI is InChI=1S/C17H16ClN3/c18-16-14(9-20)13(8-19)4-15(21-16)17-5-10-1-11(6-17)3-12(2-10)7-17/h4,10-12H,1-3,5-7H2. The molecule has 0 aromatic carbocycles. The first-order valence-corrected chi connectivity index (χ1v) is 8.02. The lowest BCUT2D eigenvalue weighted by Crippen LogP contribution is -2.49. The highest BCUT2D eigenvalue weighted by molar-refractivity contribution is 6.30. The van der Waals surface area contributed by atoms with Gasteiger partial charge in [0.05, 0.1) is 5.56 Å². The summed E-state index contributed by atoms with van der Waals surface area (Å²) in [5.74, 6) is 2.45. The zero-order valence-electron chi connectivity index (χ0n) is 11.8. The van der Waals surface area contributed by atoms with Gasteiger partial charge in [0, 0.05) is 11.1 Å². The van der Waals surface area contributed by atoms with Crippen LogP contribution in [0.2, 0.25) is 5.15 Å². The summed E-state index contributed by atoms with van der Waals surface area (Å²) in [6.07, 6.45) is 7.65. The third-order valence-electron chi connectivity index (χ3n) is 5.79. The predicted molar refractivity (Wildman–Crippen MR) is 78.5 cm³/mol. The highest BCUT2D eigenvalue weighted by Crippen LogP contribution is 2.60. The fourth-order valence-corrected chi connectivity index (χ4v) is 5.64.